The summed E-state index contributed by atoms with van der Waals surface area (Å²) in [7, 11) is 2.64. The third-order valence-corrected chi connectivity index (χ3v) is 3.65. The van der Waals surface area contributed by atoms with Crippen LogP contribution in [0.5, 0.6) is 5.75 Å². The summed E-state index contributed by atoms with van der Waals surface area (Å²) in [5.74, 6) is -2.34. The molecule has 2 aliphatic heterocycles. The summed E-state index contributed by atoms with van der Waals surface area (Å²) >= 11 is 0. The minimum Gasteiger partial charge on any atom is -0.495 e. The van der Waals surface area contributed by atoms with Crippen LogP contribution in [0.3, 0.4) is 0 Å². The molecule has 0 unspecified atom stereocenters. The van der Waals surface area contributed by atoms with Gasteiger partial charge in [-0.05, 0) is 12.1 Å². The number of fused-ring (bicyclic) bond motifs is 1. The lowest BCUT2D eigenvalue weighted by atomic mass is 9.99. The number of esters is 1. The van der Waals surface area contributed by atoms with Gasteiger partial charge in [-0.25, -0.2) is 9.69 Å². The normalized spacial score (nSPS) is 23.0. The Hall–Kier alpha value is -2.90. The van der Waals surface area contributed by atoms with Crippen molar-refractivity contribution in [2.75, 3.05) is 19.1 Å². The van der Waals surface area contributed by atoms with E-state index in [4.69, 9.17) is 4.74 Å². The highest BCUT2D eigenvalue weighted by Crippen LogP contribution is 2.35. The van der Waals surface area contributed by atoms with Gasteiger partial charge in [0.1, 0.15) is 17.7 Å². The van der Waals surface area contributed by atoms with Crippen molar-refractivity contribution in [1.29, 1.82) is 0 Å². The number of hydrazone groups is 1. The first-order valence-electron chi connectivity index (χ1n) is 6.52. The molecular formula is C14H13N3O5. The molecule has 2 atom stereocenters. The summed E-state index contributed by atoms with van der Waals surface area (Å²) in [6, 6.07) is 5.77. The van der Waals surface area contributed by atoms with Gasteiger partial charge in [0.15, 0.2) is 5.71 Å². The van der Waals surface area contributed by atoms with Crippen LogP contribution >= 0.6 is 0 Å². The first-order valence-corrected chi connectivity index (χ1v) is 6.52. The molecule has 0 aliphatic carbocycles. The van der Waals surface area contributed by atoms with Crippen LogP contribution in [0.25, 0.3) is 0 Å². The molecule has 3 rings (SSSR count). The van der Waals surface area contributed by atoms with Crippen molar-refractivity contribution in [1.82, 2.24) is 5.43 Å². The minimum atomic E-state index is -0.982. The molecule has 0 saturated carbocycles. The molecule has 0 bridgehead atoms. The van der Waals surface area contributed by atoms with Gasteiger partial charge in [0.2, 0.25) is 5.91 Å². The first kappa shape index (κ1) is 14.1. The summed E-state index contributed by atoms with van der Waals surface area (Å²) in [4.78, 5) is 37.8. The molecule has 1 fully saturated rings. The van der Waals surface area contributed by atoms with E-state index in [1.165, 1.54) is 14.2 Å². The number of nitrogens with zero attached hydrogens (tertiary/aromatic N) is 2. The quantitative estimate of drug-likeness (QED) is 0.607. The fourth-order valence-electron chi connectivity index (χ4n) is 2.61. The van der Waals surface area contributed by atoms with Crippen LogP contribution in [0.1, 0.15) is 0 Å². The van der Waals surface area contributed by atoms with Crippen molar-refractivity contribution in [3.8, 4) is 5.75 Å². The molecule has 1 saturated heterocycles. The van der Waals surface area contributed by atoms with Gasteiger partial charge in [-0.15, -0.1) is 0 Å². The molecule has 2 amide bonds. The number of anilines is 1. The Morgan fingerprint density at radius 3 is 2.64 bits per heavy atom. The van der Waals surface area contributed by atoms with Crippen molar-refractivity contribution in [2.24, 2.45) is 11.0 Å². The summed E-state index contributed by atoms with van der Waals surface area (Å²) in [6.07, 6.45) is 0. The van der Waals surface area contributed by atoms with E-state index in [9.17, 15) is 14.4 Å². The van der Waals surface area contributed by atoms with E-state index in [1.54, 1.807) is 24.3 Å². The SMILES string of the molecule is COC(=O)C1=NN[C@@H]2C(=O)N(c3ccccc3OC)C(=O)[C@H]12. The monoisotopic (exact) mass is 303 g/mol. The van der Waals surface area contributed by atoms with Crippen LogP contribution in [0.15, 0.2) is 29.4 Å². The van der Waals surface area contributed by atoms with E-state index in [1.807, 2.05) is 0 Å². The Morgan fingerprint density at radius 1 is 1.23 bits per heavy atom. The number of carbonyl (C=O) groups excluding carboxylic acids is 3. The van der Waals surface area contributed by atoms with Gasteiger partial charge >= 0.3 is 5.97 Å². The number of ether oxygens (including phenoxy) is 2. The van der Waals surface area contributed by atoms with Gasteiger partial charge < -0.3 is 9.47 Å². The zero-order valence-electron chi connectivity index (χ0n) is 11.9. The third kappa shape index (κ3) is 1.84. The first-order chi connectivity index (χ1) is 10.6. The van der Waals surface area contributed by atoms with Crippen molar-refractivity contribution in [2.45, 2.75) is 6.04 Å². The Bertz CT molecular complexity index is 699. The second-order valence-electron chi connectivity index (χ2n) is 4.76. The zero-order valence-corrected chi connectivity index (χ0v) is 11.9. The maximum atomic E-state index is 12.6. The van der Waals surface area contributed by atoms with E-state index < -0.39 is 29.7 Å². The molecule has 22 heavy (non-hydrogen) atoms. The number of amides is 2. The maximum Gasteiger partial charge on any atom is 0.355 e. The summed E-state index contributed by atoms with van der Waals surface area (Å²) in [6.45, 7) is 0. The van der Waals surface area contributed by atoms with Gasteiger partial charge in [0.25, 0.3) is 5.91 Å². The Balaban J connectivity index is 2.00. The molecule has 2 heterocycles. The van der Waals surface area contributed by atoms with Crippen LogP contribution in [-0.4, -0.2) is 43.8 Å². The predicted molar refractivity (Wildman–Crippen MR) is 75.4 cm³/mol. The van der Waals surface area contributed by atoms with Crippen LogP contribution in [0.4, 0.5) is 5.69 Å². The molecule has 1 aromatic carbocycles. The predicted octanol–water partition coefficient (Wildman–Crippen LogP) is -0.315. The fourth-order valence-corrected chi connectivity index (χ4v) is 2.61. The number of imide groups is 1. The number of benzene rings is 1. The molecule has 114 valence electrons. The van der Waals surface area contributed by atoms with Crippen LogP contribution in [-0.2, 0) is 19.1 Å². The number of nitrogens with one attached hydrogen (secondary N) is 1. The second-order valence-corrected chi connectivity index (χ2v) is 4.76. The largest absolute Gasteiger partial charge is 0.495 e. The van der Waals surface area contributed by atoms with Gasteiger partial charge in [0.05, 0.1) is 19.9 Å². The van der Waals surface area contributed by atoms with E-state index >= 15 is 0 Å². The molecule has 1 aromatic rings. The molecular weight excluding hydrogens is 290 g/mol. The number of hydrogen-bond acceptors (Lipinski definition) is 7. The second kappa shape index (κ2) is 5.14. The zero-order chi connectivity index (χ0) is 15.9. The molecule has 8 nitrogen and oxygen atoms in total. The number of para-hydroxylation sites is 2. The highest BCUT2D eigenvalue weighted by molar-refractivity contribution is 6.46. The lowest BCUT2D eigenvalue weighted by Crippen LogP contribution is -2.36. The lowest BCUT2D eigenvalue weighted by molar-refractivity contribution is -0.133. The van der Waals surface area contributed by atoms with Gasteiger partial charge in [0, 0.05) is 0 Å². The highest BCUT2D eigenvalue weighted by atomic mass is 16.5. The summed E-state index contributed by atoms with van der Waals surface area (Å²) in [5.41, 5.74) is 2.78. The van der Waals surface area contributed by atoms with Crippen LogP contribution < -0.4 is 15.1 Å². The molecule has 2 aliphatic rings. The molecule has 0 spiro atoms. The minimum absolute atomic E-state index is 0.0942. The Kier molecular flexibility index (Phi) is 3.28. The summed E-state index contributed by atoms with van der Waals surface area (Å²) < 4.78 is 9.78. The average Bonchev–Trinajstić information content (AvgIpc) is 3.08. The average molecular weight is 303 g/mol. The molecule has 0 radical (unpaired) electrons. The summed E-state index contributed by atoms with van der Waals surface area (Å²) in [5, 5.41) is 3.76. The number of rotatable bonds is 3. The van der Waals surface area contributed by atoms with Crippen LogP contribution in [0.2, 0.25) is 0 Å². The number of methoxy groups -OCH3 is 2. The number of hydrogen-bond donors (Lipinski definition) is 1. The van der Waals surface area contributed by atoms with E-state index in [0.29, 0.717) is 11.4 Å². The van der Waals surface area contributed by atoms with Crippen molar-refractivity contribution >= 4 is 29.2 Å². The Labute approximate surface area is 125 Å². The van der Waals surface area contributed by atoms with Crippen molar-refractivity contribution < 1.29 is 23.9 Å². The fraction of sp³-hybridized carbons (Fsp3) is 0.286. The standard InChI is InChI=1S/C14H13N3O5/c1-21-8-6-4-3-5-7(8)17-12(18)9-10(13(17)19)15-16-11(9)14(20)22-2/h3-6,9-10,15H,1-2H3/t9-,10-/m0/s1. The maximum absolute atomic E-state index is 12.6. The molecule has 8 heteroatoms. The smallest absolute Gasteiger partial charge is 0.355 e. The third-order valence-electron chi connectivity index (χ3n) is 3.65. The van der Waals surface area contributed by atoms with Crippen LogP contribution in [0, 0.1) is 5.92 Å². The molecule has 1 N–H and O–H groups in total. The van der Waals surface area contributed by atoms with E-state index in [2.05, 4.69) is 15.3 Å². The van der Waals surface area contributed by atoms with E-state index in [0.717, 1.165) is 4.90 Å². The Morgan fingerprint density at radius 2 is 1.95 bits per heavy atom. The lowest BCUT2D eigenvalue weighted by Gasteiger charge is -2.18. The highest BCUT2D eigenvalue weighted by Gasteiger charge is 2.56. The molecule has 0 aromatic heterocycles. The van der Waals surface area contributed by atoms with Gasteiger partial charge in [-0.1, -0.05) is 12.1 Å². The number of carbonyl (C=O) groups is 3. The van der Waals surface area contributed by atoms with Gasteiger partial charge in [-0.3, -0.25) is 15.0 Å². The van der Waals surface area contributed by atoms with Crippen molar-refractivity contribution in [3.63, 3.8) is 0 Å². The van der Waals surface area contributed by atoms with Crippen molar-refractivity contribution in [3.05, 3.63) is 24.3 Å². The van der Waals surface area contributed by atoms with E-state index in [-0.39, 0.29) is 5.71 Å². The van der Waals surface area contributed by atoms with Gasteiger partial charge in [-0.2, -0.15) is 5.10 Å². The topological polar surface area (TPSA) is 97.3 Å².